The lowest BCUT2D eigenvalue weighted by Gasteiger charge is -2.12. The Labute approximate surface area is 109 Å². The maximum absolute atomic E-state index is 9.06. The van der Waals surface area contributed by atoms with Gasteiger partial charge < -0.3 is 20.1 Å². The summed E-state index contributed by atoms with van der Waals surface area (Å²) in [5.74, 6) is 0.370. The van der Waals surface area contributed by atoms with Crippen LogP contribution in [0, 0.1) is 0 Å². The van der Waals surface area contributed by atoms with Crippen molar-refractivity contribution < 1.29 is 9.84 Å². The lowest BCUT2D eigenvalue weighted by molar-refractivity contribution is 0.0405. The van der Waals surface area contributed by atoms with E-state index in [1.165, 1.54) is 0 Å². The molecule has 2 aromatic rings. The van der Waals surface area contributed by atoms with Gasteiger partial charge >= 0.3 is 0 Å². The molecule has 3 N–H and O–H groups in total. The van der Waals surface area contributed by atoms with Crippen LogP contribution in [-0.2, 0) is 11.3 Å². The highest BCUT2D eigenvalue weighted by molar-refractivity contribution is 6.28. The first-order chi connectivity index (χ1) is 8.65. The van der Waals surface area contributed by atoms with Gasteiger partial charge in [0.15, 0.2) is 0 Å². The Morgan fingerprint density at radius 2 is 2.33 bits per heavy atom. The zero-order valence-electron chi connectivity index (χ0n) is 10.0. The zero-order chi connectivity index (χ0) is 13.1. The molecule has 0 aliphatic carbocycles. The lowest BCUT2D eigenvalue weighted by Crippen LogP contribution is -2.18. The van der Waals surface area contributed by atoms with Crippen molar-refractivity contribution in [2.24, 2.45) is 0 Å². The third-order valence-corrected chi connectivity index (χ3v) is 3.02. The molecule has 18 heavy (non-hydrogen) atoms. The fraction of sp³-hybridized carbons (Fsp3) is 0.455. The van der Waals surface area contributed by atoms with Gasteiger partial charge in [-0.1, -0.05) is 0 Å². The van der Waals surface area contributed by atoms with Crippen LogP contribution in [0.1, 0.15) is 6.42 Å². The van der Waals surface area contributed by atoms with Crippen LogP contribution in [0.2, 0.25) is 5.28 Å². The summed E-state index contributed by atoms with van der Waals surface area (Å²) in [5.41, 5.74) is 6.46. The molecule has 7 heteroatoms. The Hall–Kier alpha value is -1.37. The highest BCUT2D eigenvalue weighted by Gasteiger charge is 2.11. The molecule has 0 amide bonds. The van der Waals surface area contributed by atoms with E-state index in [2.05, 4.69) is 9.97 Å². The molecule has 0 aliphatic rings. The number of hydrogen-bond donors (Lipinski definition) is 2. The van der Waals surface area contributed by atoms with Gasteiger partial charge in [0, 0.05) is 19.9 Å². The molecule has 1 unspecified atom stereocenters. The van der Waals surface area contributed by atoms with Crippen molar-refractivity contribution in [3.8, 4) is 0 Å². The predicted molar refractivity (Wildman–Crippen MR) is 69.5 cm³/mol. The van der Waals surface area contributed by atoms with Crippen LogP contribution in [0.4, 0.5) is 5.82 Å². The van der Waals surface area contributed by atoms with Crippen molar-refractivity contribution in [3.63, 3.8) is 0 Å². The summed E-state index contributed by atoms with van der Waals surface area (Å²) in [6.07, 6.45) is 2.37. The average Bonchev–Trinajstić information content (AvgIpc) is 2.74. The molecule has 2 heterocycles. The largest absolute Gasteiger partial charge is 0.394 e. The number of nitrogens with zero attached hydrogens (tertiary/aromatic N) is 3. The average molecular weight is 271 g/mol. The molecule has 0 bridgehead atoms. The van der Waals surface area contributed by atoms with Gasteiger partial charge in [0.05, 0.1) is 18.1 Å². The van der Waals surface area contributed by atoms with Crippen molar-refractivity contribution in [1.82, 2.24) is 14.5 Å². The Balaban J connectivity index is 2.24. The highest BCUT2D eigenvalue weighted by Crippen LogP contribution is 2.21. The maximum Gasteiger partial charge on any atom is 0.226 e. The number of rotatable bonds is 5. The van der Waals surface area contributed by atoms with Crippen molar-refractivity contribution in [2.75, 3.05) is 19.5 Å². The molecule has 0 saturated carbocycles. The minimum absolute atomic E-state index is 0.00637. The quantitative estimate of drug-likeness (QED) is 0.794. The van der Waals surface area contributed by atoms with E-state index in [-0.39, 0.29) is 18.0 Å². The van der Waals surface area contributed by atoms with E-state index < -0.39 is 0 Å². The summed E-state index contributed by atoms with van der Waals surface area (Å²) in [7, 11) is 1.58. The van der Waals surface area contributed by atoms with Gasteiger partial charge in [0.1, 0.15) is 11.5 Å². The molecule has 0 fully saturated rings. The second kappa shape index (κ2) is 5.51. The Kier molecular flexibility index (Phi) is 4.00. The van der Waals surface area contributed by atoms with Crippen molar-refractivity contribution >= 4 is 28.5 Å². The number of methoxy groups -OCH3 is 1. The molecule has 2 aromatic heterocycles. The summed E-state index contributed by atoms with van der Waals surface area (Å²) in [6, 6.07) is 1.85. The molecule has 2 rings (SSSR count). The van der Waals surface area contributed by atoms with Crippen LogP contribution < -0.4 is 5.73 Å². The monoisotopic (exact) mass is 270 g/mol. The number of nitrogen functional groups attached to an aromatic ring is 1. The van der Waals surface area contributed by atoms with Crippen LogP contribution in [0.15, 0.2) is 12.3 Å². The summed E-state index contributed by atoms with van der Waals surface area (Å²) in [6.45, 7) is 0.656. The highest BCUT2D eigenvalue weighted by atomic mass is 35.5. The van der Waals surface area contributed by atoms with Crippen molar-refractivity contribution in [2.45, 2.75) is 19.1 Å². The van der Waals surface area contributed by atoms with E-state index >= 15 is 0 Å². The number of halogens is 1. The number of hydrogen-bond acceptors (Lipinski definition) is 5. The summed E-state index contributed by atoms with van der Waals surface area (Å²) in [5, 5.41) is 9.96. The van der Waals surface area contributed by atoms with Crippen molar-refractivity contribution in [3.05, 3.63) is 17.5 Å². The molecule has 6 nitrogen and oxygen atoms in total. The maximum atomic E-state index is 9.06. The van der Waals surface area contributed by atoms with E-state index in [1.54, 1.807) is 7.11 Å². The first-order valence-corrected chi connectivity index (χ1v) is 5.95. The fourth-order valence-electron chi connectivity index (χ4n) is 1.81. The molecule has 1 atom stereocenters. The van der Waals surface area contributed by atoms with Crippen LogP contribution >= 0.6 is 11.6 Å². The zero-order valence-corrected chi connectivity index (χ0v) is 10.8. The Morgan fingerprint density at radius 3 is 3.00 bits per heavy atom. The molecule has 0 aliphatic heterocycles. The lowest BCUT2D eigenvalue weighted by atomic mass is 10.2. The molecule has 0 saturated heterocycles. The number of aliphatic hydroxyl groups is 1. The minimum Gasteiger partial charge on any atom is -0.394 e. The van der Waals surface area contributed by atoms with Crippen LogP contribution in [-0.4, -0.2) is 39.5 Å². The number of fused-ring (bicyclic) bond motifs is 1. The van der Waals surface area contributed by atoms with Gasteiger partial charge in [-0.3, -0.25) is 0 Å². The smallest absolute Gasteiger partial charge is 0.226 e. The number of nitrogens with two attached hydrogens (primary N) is 1. The van der Waals surface area contributed by atoms with Gasteiger partial charge in [-0.2, -0.15) is 4.98 Å². The number of ether oxygens (including phenoxy) is 1. The molecule has 0 radical (unpaired) electrons. The van der Waals surface area contributed by atoms with Gasteiger partial charge in [-0.15, -0.1) is 0 Å². The van der Waals surface area contributed by atoms with E-state index in [0.717, 1.165) is 5.39 Å². The summed E-state index contributed by atoms with van der Waals surface area (Å²) >= 11 is 5.79. The van der Waals surface area contributed by atoms with E-state index in [9.17, 15) is 0 Å². The van der Waals surface area contributed by atoms with Gasteiger partial charge in [0.2, 0.25) is 5.28 Å². The second-order valence-electron chi connectivity index (χ2n) is 3.95. The van der Waals surface area contributed by atoms with Crippen LogP contribution in [0.25, 0.3) is 11.0 Å². The third kappa shape index (κ3) is 2.55. The van der Waals surface area contributed by atoms with Gasteiger partial charge in [0.25, 0.3) is 0 Å². The summed E-state index contributed by atoms with van der Waals surface area (Å²) < 4.78 is 7.03. The number of aryl methyl sites for hydroxylation is 1. The van der Waals surface area contributed by atoms with E-state index in [0.29, 0.717) is 24.4 Å². The topological polar surface area (TPSA) is 86.2 Å². The first kappa shape index (κ1) is 13.1. The standard InChI is InChI=1S/C11H15ClN4O2/c1-18-7(6-17)2-4-16-5-3-8-9(13)14-11(12)15-10(8)16/h3,5,7,17H,2,4,6H2,1H3,(H2,13,14,15). The Morgan fingerprint density at radius 1 is 1.56 bits per heavy atom. The van der Waals surface area contributed by atoms with E-state index in [4.69, 9.17) is 27.2 Å². The summed E-state index contributed by atoms with van der Waals surface area (Å²) in [4.78, 5) is 8.06. The number of aromatic nitrogens is 3. The molecular formula is C11H15ClN4O2. The molecular weight excluding hydrogens is 256 g/mol. The molecule has 98 valence electrons. The normalized spacial score (nSPS) is 13.1. The Bertz CT molecular complexity index is 539. The van der Waals surface area contributed by atoms with Crippen LogP contribution in [0.5, 0.6) is 0 Å². The molecule has 0 aromatic carbocycles. The first-order valence-electron chi connectivity index (χ1n) is 5.57. The number of anilines is 1. The van der Waals surface area contributed by atoms with Crippen LogP contribution in [0.3, 0.4) is 0 Å². The molecule has 0 spiro atoms. The number of aliphatic hydroxyl groups excluding tert-OH is 1. The van der Waals surface area contributed by atoms with Gasteiger partial charge in [-0.05, 0) is 24.1 Å². The minimum atomic E-state index is -0.183. The fourth-order valence-corrected chi connectivity index (χ4v) is 1.98. The van der Waals surface area contributed by atoms with Crippen molar-refractivity contribution in [1.29, 1.82) is 0 Å². The van der Waals surface area contributed by atoms with E-state index in [1.807, 2.05) is 16.8 Å². The third-order valence-electron chi connectivity index (χ3n) is 2.85. The predicted octanol–water partition coefficient (Wildman–Crippen LogP) is 1.06. The van der Waals surface area contributed by atoms with Gasteiger partial charge in [-0.25, -0.2) is 4.98 Å². The SMILES string of the molecule is COC(CO)CCn1ccc2c(N)nc(Cl)nc21. The second-order valence-corrected chi connectivity index (χ2v) is 4.29.